The van der Waals surface area contributed by atoms with Gasteiger partial charge in [-0.1, -0.05) is 0 Å². The molecule has 1 unspecified atom stereocenters. The van der Waals surface area contributed by atoms with Gasteiger partial charge in [0.2, 0.25) is 0 Å². The molecule has 1 saturated heterocycles. The monoisotopic (exact) mass is 188 g/mol. The summed E-state index contributed by atoms with van der Waals surface area (Å²) < 4.78 is 0. The van der Waals surface area contributed by atoms with E-state index in [1.165, 1.54) is 5.01 Å². The lowest BCUT2D eigenvalue weighted by Crippen LogP contribution is -2.50. The van der Waals surface area contributed by atoms with Gasteiger partial charge in [-0.05, 0) is 27.7 Å². The predicted molar refractivity (Wildman–Crippen MR) is 46.4 cm³/mol. The zero-order valence-electron chi connectivity index (χ0n) is 8.33. The van der Waals surface area contributed by atoms with Crippen molar-refractivity contribution in [3.05, 3.63) is 0 Å². The van der Waals surface area contributed by atoms with E-state index < -0.39 is 23.3 Å². The predicted octanol–water partition coefficient (Wildman–Crippen LogP) is -0.799. The summed E-state index contributed by atoms with van der Waals surface area (Å²) in [7, 11) is 0. The lowest BCUT2D eigenvalue weighted by atomic mass is 10.1. The van der Waals surface area contributed by atoms with Crippen LogP contribution in [0.15, 0.2) is 0 Å². The van der Waals surface area contributed by atoms with Crippen LogP contribution in [0.5, 0.6) is 0 Å². The quantitative estimate of drug-likeness (QED) is 0.435. The molecule has 0 aromatic rings. The smallest absolute Gasteiger partial charge is 0.298 e. The van der Waals surface area contributed by atoms with Crippen molar-refractivity contribution in [2.24, 2.45) is 0 Å². The summed E-state index contributed by atoms with van der Waals surface area (Å²) in [6.07, 6.45) is 0. The van der Waals surface area contributed by atoms with Gasteiger partial charge < -0.3 is 10.2 Å². The molecule has 3 N–H and O–H groups in total. The third-order valence-corrected chi connectivity index (χ3v) is 2.12. The number of amides is 1. The van der Waals surface area contributed by atoms with Gasteiger partial charge in [0, 0.05) is 0 Å². The molecule has 1 aliphatic heterocycles. The highest BCUT2D eigenvalue weighted by Crippen LogP contribution is 2.24. The minimum Gasteiger partial charge on any atom is -0.357 e. The number of nitrogens with one attached hydrogen (secondary N) is 1. The number of carbonyl (C=O) groups is 1. The van der Waals surface area contributed by atoms with Crippen LogP contribution in [-0.4, -0.2) is 38.5 Å². The molecule has 0 bridgehead atoms. The molecule has 76 valence electrons. The second-order valence-electron chi connectivity index (χ2n) is 4.39. The second-order valence-corrected chi connectivity index (χ2v) is 4.39. The molecule has 1 amide bonds. The lowest BCUT2D eigenvalue weighted by molar-refractivity contribution is -0.186. The molecule has 1 rings (SSSR count). The van der Waals surface area contributed by atoms with Gasteiger partial charge in [-0.15, -0.1) is 0 Å². The highest BCUT2D eigenvalue weighted by Gasteiger charge is 2.52. The third-order valence-electron chi connectivity index (χ3n) is 2.12. The Morgan fingerprint density at radius 1 is 1.46 bits per heavy atom. The highest BCUT2D eigenvalue weighted by atomic mass is 16.5. The maximum Gasteiger partial charge on any atom is 0.298 e. The summed E-state index contributed by atoms with van der Waals surface area (Å²) in [5.41, 5.74) is 2.26. The molecule has 5 nitrogen and oxygen atoms in total. The van der Waals surface area contributed by atoms with Crippen molar-refractivity contribution in [3.8, 4) is 0 Å². The number of aliphatic hydroxyl groups is 2. The van der Waals surface area contributed by atoms with E-state index >= 15 is 0 Å². The topological polar surface area (TPSA) is 72.8 Å². The largest absolute Gasteiger partial charge is 0.357 e. The molecular formula is C8H16N2O3. The molecule has 0 saturated carbocycles. The first kappa shape index (κ1) is 10.4. The molecular weight excluding hydrogens is 172 g/mol. The van der Waals surface area contributed by atoms with E-state index in [1.807, 2.05) is 20.8 Å². The van der Waals surface area contributed by atoms with E-state index in [0.29, 0.717) is 0 Å². The Morgan fingerprint density at radius 3 is 2.08 bits per heavy atom. The highest BCUT2D eigenvalue weighted by molar-refractivity contribution is 5.86. The molecule has 1 aliphatic rings. The van der Waals surface area contributed by atoms with Crippen molar-refractivity contribution < 1.29 is 15.0 Å². The summed E-state index contributed by atoms with van der Waals surface area (Å²) in [5, 5.41) is 20.0. The van der Waals surface area contributed by atoms with Crippen molar-refractivity contribution >= 4 is 5.91 Å². The zero-order chi connectivity index (χ0) is 10.4. The van der Waals surface area contributed by atoms with Crippen LogP contribution in [0.4, 0.5) is 0 Å². The summed E-state index contributed by atoms with van der Waals surface area (Å²) >= 11 is 0. The van der Waals surface area contributed by atoms with Crippen LogP contribution in [0.3, 0.4) is 0 Å². The minimum atomic E-state index is -2.28. The molecule has 1 fully saturated rings. The summed E-state index contributed by atoms with van der Waals surface area (Å²) in [6.45, 7) is 6.98. The first-order valence-electron chi connectivity index (χ1n) is 4.23. The summed E-state index contributed by atoms with van der Waals surface area (Å²) in [6, 6.07) is -0.681. The van der Waals surface area contributed by atoms with Crippen LogP contribution in [0.25, 0.3) is 0 Å². The second kappa shape index (κ2) is 2.67. The van der Waals surface area contributed by atoms with Gasteiger partial charge in [0.15, 0.2) is 0 Å². The number of nitrogens with zero attached hydrogens (tertiary/aromatic N) is 1. The number of hydrogen-bond acceptors (Lipinski definition) is 4. The number of carbonyl (C=O) groups excluding carboxylic acids is 1. The standard InChI is InChI=1S/C8H16N2O3/c1-5-8(12,13)6(11)10(9-5)7(2,3)4/h5,9,12-13H,1-4H3. The molecule has 13 heavy (non-hydrogen) atoms. The van der Waals surface area contributed by atoms with Crippen molar-refractivity contribution in [2.75, 3.05) is 0 Å². The Labute approximate surface area is 77.3 Å². The lowest BCUT2D eigenvalue weighted by Gasteiger charge is -2.31. The van der Waals surface area contributed by atoms with Crippen LogP contribution < -0.4 is 5.43 Å². The number of rotatable bonds is 0. The molecule has 1 heterocycles. The molecule has 1 atom stereocenters. The molecule has 0 aromatic heterocycles. The van der Waals surface area contributed by atoms with Crippen LogP contribution in [0.2, 0.25) is 0 Å². The van der Waals surface area contributed by atoms with Crippen LogP contribution in [0, 0.1) is 0 Å². The van der Waals surface area contributed by atoms with E-state index in [0.717, 1.165) is 0 Å². The van der Waals surface area contributed by atoms with Crippen molar-refractivity contribution in [1.82, 2.24) is 10.4 Å². The molecule has 5 heteroatoms. The van der Waals surface area contributed by atoms with Gasteiger partial charge >= 0.3 is 0 Å². The first-order chi connectivity index (χ1) is 5.67. The third kappa shape index (κ3) is 1.54. The molecule has 0 aliphatic carbocycles. The minimum absolute atomic E-state index is 0.460. The van der Waals surface area contributed by atoms with Crippen LogP contribution >= 0.6 is 0 Å². The van der Waals surface area contributed by atoms with E-state index in [2.05, 4.69) is 5.43 Å². The molecule has 0 radical (unpaired) electrons. The molecule has 0 aromatic carbocycles. The van der Waals surface area contributed by atoms with Gasteiger partial charge in [-0.25, -0.2) is 5.43 Å². The van der Waals surface area contributed by atoms with E-state index in [9.17, 15) is 15.0 Å². The van der Waals surface area contributed by atoms with E-state index in [-0.39, 0.29) is 0 Å². The fourth-order valence-electron chi connectivity index (χ4n) is 1.19. The SMILES string of the molecule is CC1NN(C(C)(C)C)C(=O)C1(O)O. The van der Waals surface area contributed by atoms with Gasteiger partial charge in [0.25, 0.3) is 11.7 Å². The average Bonchev–Trinajstić information content (AvgIpc) is 2.12. The summed E-state index contributed by atoms with van der Waals surface area (Å²) in [5.74, 6) is -2.99. The normalized spacial score (nSPS) is 28.3. The van der Waals surface area contributed by atoms with Gasteiger partial charge in [-0.2, -0.15) is 0 Å². The van der Waals surface area contributed by atoms with Gasteiger partial charge in [0.1, 0.15) is 0 Å². The Balaban J connectivity index is 2.93. The molecule has 0 spiro atoms. The summed E-state index contributed by atoms with van der Waals surface area (Å²) in [4.78, 5) is 11.4. The first-order valence-corrected chi connectivity index (χ1v) is 4.23. The van der Waals surface area contributed by atoms with Crippen LogP contribution in [-0.2, 0) is 4.79 Å². The Kier molecular flexibility index (Phi) is 2.14. The Hall–Kier alpha value is -0.650. The Bertz CT molecular complexity index is 232. The van der Waals surface area contributed by atoms with E-state index in [1.54, 1.807) is 6.92 Å². The van der Waals surface area contributed by atoms with Gasteiger partial charge in [-0.3, -0.25) is 9.80 Å². The van der Waals surface area contributed by atoms with Crippen LogP contribution in [0.1, 0.15) is 27.7 Å². The fourth-order valence-corrected chi connectivity index (χ4v) is 1.19. The van der Waals surface area contributed by atoms with Crippen molar-refractivity contribution in [2.45, 2.75) is 45.1 Å². The average molecular weight is 188 g/mol. The van der Waals surface area contributed by atoms with E-state index in [4.69, 9.17) is 0 Å². The fraction of sp³-hybridized carbons (Fsp3) is 0.875. The zero-order valence-corrected chi connectivity index (χ0v) is 8.33. The maximum absolute atomic E-state index is 11.4. The maximum atomic E-state index is 11.4. The van der Waals surface area contributed by atoms with Gasteiger partial charge in [0.05, 0.1) is 11.6 Å². The number of hydrazine groups is 1. The number of hydrogen-bond donors (Lipinski definition) is 3. The Morgan fingerprint density at radius 2 is 1.92 bits per heavy atom. The van der Waals surface area contributed by atoms with Crippen molar-refractivity contribution in [1.29, 1.82) is 0 Å². The van der Waals surface area contributed by atoms with Crippen molar-refractivity contribution in [3.63, 3.8) is 0 Å².